The van der Waals surface area contributed by atoms with Crippen molar-refractivity contribution < 1.29 is 9.59 Å². The summed E-state index contributed by atoms with van der Waals surface area (Å²) in [5.74, 6) is -0.253. The van der Waals surface area contributed by atoms with Gasteiger partial charge in [-0.1, -0.05) is 0 Å². The molecule has 2 rings (SSSR count). The van der Waals surface area contributed by atoms with Gasteiger partial charge in [0.15, 0.2) is 0 Å². The first-order valence-electron chi connectivity index (χ1n) is 6.14. The lowest BCUT2D eigenvalue weighted by molar-refractivity contribution is -0.146. The van der Waals surface area contributed by atoms with Crippen LogP contribution in [0.3, 0.4) is 0 Å². The molecule has 5 nitrogen and oxygen atoms in total. The monoisotopic (exact) mass is 247 g/mol. The van der Waals surface area contributed by atoms with E-state index < -0.39 is 0 Å². The standard InChI is InChI=1S/C13H17N3O2/c14-11-5-8-16(13(18)9-11)12(17)2-1-10-3-6-15-7-4-10/h3-4,6-7,11H,1-2,5,8-9,14H2. The van der Waals surface area contributed by atoms with Gasteiger partial charge < -0.3 is 5.73 Å². The number of nitrogens with zero attached hydrogens (tertiary/aromatic N) is 2. The highest BCUT2D eigenvalue weighted by molar-refractivity contribution is 5.96. The molecule has 1 fully saturated rings. The Labute approximate surface area is 106 Å². The summed E-state index contributed by atoms with van der Waals surface area (Å²) in [4.78, 5) is 28.9. The fourth-order valence-corrected chi connectivity index (χ4v) is 2.06. The Morgan fingerprint density at radius 3 is 2.83 bits per heavy atom. The summed E-state index contributed by atoms with van der Waals surface area (Å²) in [6, 6.07) is 3.66. The smallest absolute Gasteiger partial charge is 0.230 e. The number of hydrogen-bond donors (Lipinski definition) is 1. The highest BCUT2D eigenvalue weighted by Crippen LogP contribution is 2.12. The molecule has 0 radical (unpaired) electrons. The average molecular weight is 247 g/mol. The van der Waals surface area contributed by atoms with Gasteiger partial charge in [-0.25, -0.2) is 0 Å². The number of aryl methyl sites for hydroxylation is 1. The second-order valence-electron chi connectivity index (χ2n) is 4.55. The second-order valence-corrected chi connectivity index (χ2v) is 4.55. The molecule has 0 spiro atoms. The molecule has 2 N–H and O–H groups in total. The third-order valence-corrected chi connectivity index (χ3v) is 3.14. The maximum Gasteiger partial charge on any atom is 0.230 e. The van der Waals surface area contributed by atoms with Crippen LogP contribution in [0.25, 0.3) is 0 Å². The molecule has 2 amide bonds. The maximum absolute atomic E-state index is 11.9. The Balaban J connectivity index is 1.87. The van der Waals surface area contributed by atoms with E-state index in [1.807, 2.05) is 12.1 Å². The number of likely N-dealkylation sites (tertiary alicyclic amines) is 1. The van der Waals surface area contributed by atoms with Crippen LogP contribution in [0, 0.1) is 0 Å². The van der Waals surface area contributed by atoms with E-state index in [-0.39, 0.29) is 24.3 Å². The van der Waals surface area contributed by atoms with E-state index in [9.17, 15) is 9.59 Å². The Kier molecular flexibility index (Phi) is 4.04. The third-order valence-electron chi connectivity index (χ3n) is 3.14. The number of hydrogen-bond acceptors (Lipinski definition) is 4. The van der Waals surface area contributed by atoms with Crippen LogP contribution < -0.4 is 5.73 Å². The lowest BCUT2D eigenvalue weighted by Crippen LogP contribution is -2.46. The summed E-state index contributed by atoms with van der Waals surface area (Å²) in [6.07, 6.45) is 5.37. The third kappa shape index (κ3) is 3.13. The van der Waals surface area contributed by atoms with Crippen molar-refractivity contribution >= 4 is 11.8 Å². The molecule has 1 aliphatic heterocycles. The molecule has 1 unspecified atom stereocenters. The first-order chi connectivity index (χ1) is 8.66. The normalized spacial score (nSPS) is 19.9. The molecule has 1 aromatic heterocycles. The van der Waals surface area contributed by atoms with Gasteiger partial charge in [-0.3, -0.25) is 19.5 Å². The number of rotatable bonds is 3. The Morgan fingerprint density at radius 2 is 2.17 bits per heavy atom. The molecule has 96 valence electrons. The van der Waals surface area contributed by atoms with Crippen LogP contribution in [0.5, 0.6) is 0 Å². The maximum atomic E-state index is 11.9. The number of piperidine rings is 1. The SMILES string of the molecule is NC1CCN(C(=O)CCc2ccncc2)C(=O)C1. The van der Waals surface area contributed by atoms with Crippen molar-refractivity contribution in [3.63, 3.8) is 0 Å². The minimum atomic E-state index is -0.145. The van der Waals surface area contributed by atoms with Gasteiger partial charge in [0.2, 0.25) is 11.8 Å². The number of aromatic nitrogens is 1. The van der Waals surface area contributed by atoms with E-state index in [2.05, 4.69) is 4.98 Å². The minimum absolute atomic E-state index is 0.0956. The topological polar surface area (TPSA) is 76.3 Å². The van der Waals surface area contributed by atoms with E-state index >= 15 is 0 Å². The van der Waals surface area contributed by atoms with Crippen LogP contribution in [0.4, 0.5) is 0 Å². The van der Waals surface area contributed by atoms with Gasteiger partial charge >= 0.3 is 0 Å². The molecule has 1 saturated heterocycles. The van der Waals surface area contributed by atoms with Crippen LogP contribution in [0.2, 0.25) is 0 Å². The number of carbonyl (C=O) groups is 2. The molecule has 0 saturated carbocycles. The molecule has 0 aromatic carbocycles. The van der Waals surface area contributed by atoms with Crippen LogP contribution >= 0.6 is 0 Å². The highest BCUT2D eigenvalue weighted by Gasteiger charge is 2.27. The first-order valence-corrected chi connectivity index (χ1v) is 6.14. The van der Waals surface area contributed by atoms with E-state index in [0.717, 1.165) is 5.56 Å². The number of nitrogens with two attached hydrogens (primary N) is 1. The Bertz CT molecular complexity index is 433. The molecular formula is C13H17N3O2. The summed E-state index contributed by atoms with van der Waals surface area (Å²) < 4.78 is 0. The summed E-state index contributed by atoms with van der Waals surface area (Å²) >= 11 is 0. The van der Waals surface area contributed by atoms with Gasteiger partial charge in [-0.2, -0.15) is 0 Å². The minimum Gasteiger partial charge on any atom is -0.327 e. The lowest BCUT2D eigenvalue weighted by Gasteiger charge is -2.28. The summed E-state index contributed by atoms with van der Waals surface area (Å²) in [5, 5.41) is 0. The van der Waals surface area contributed by atoms with E-state index in [0.29, 0.717) is 25.8 Å². The van der Waals surface area contributed by atoms with Crippen LogP contribution in [-0.2, 0) is 16.0 Å². The van der Waals surface area contributed by atoms with Crippen molar-refractivity contribution in [1.29, 1.82) is 0 Å². The van der Waals surface area contributed by atoms with Gasteiger partial charge in [0, 0.05) is 37.8 Å². The largest absolute Gasteiger partial charge is 0.327 e. The van der Waals surface area contributed by atoms with Crippen molar-refractivity contribution in [2.24, 2.45) is 5.73 Å². The van der Waals surface area contributed by atoms with Crippen LogP contribution in [0.1, 0.15) is 24.8 Å². The number of amides is 2. The van der Waals surface area contributed by atoms with Crippen molar-refractivity contribution in [3.8, 4) is 0 Å². The van der Waals surface area contributed by atoms with Gasteiger partial charge in [0.1, 0.15) is 0 Å². The fourth-order valence-electron chi connectivity index (χ4n) is 2.06. The van der Waals surface area contributed by atoms with E-state index in [1.54, 1.807) is 12.4 Å². The fraction of sp³-hybridized carbons (Fsp3) is 0.462. The predicted octanol–water partition coefficient (Wildman–Crippen LogP) is 0.490. The predicted molar refractivity (Wildman–Crippen MR) is 66.5 cm³/mol. The van der Waals surface area contributed by atoms with Crippen molar-refractivity contribution in [3.05, 3.63) is 30.1 Å². The molecule has 0 bridgehead atoms. The summed E-state index contributed by atoms with van der Waals surface area (Å²) in [7, 11) is 0. The molecule has 1 aromatic rings. The van der Waals surface area contributed by atoms with Crippen LogP contribution in [0.15, 0.2) is 24.5 Å². The quantitative estimate of drug-likeness (QED) is 0.843. The molecule has 1 aliphatic rings. The zero-order valence-corrected chi connectivity index (χ0v) is 10.2. The van der Waals surface area contributed by atoms with Gasteiger partial charge in [0.25, 0.3) is 0 Å². The summed E-state index contributed by atoms with van der Waals surface area (Å²) in [6.45, 7) is 0.454. The van der Waals surface area contributed by atoms with Gasteiger partial charge in [-0.05, 0) is 30.5 Å². The zero-order chi connectivity index (χ0) is 13.0. The van der Waals surface area contributed by atoms with Crippen molar-refractivity contribution in [1.82, 2.24) is 9.88 Å². The van der Waals surface area contributed by atoms with Gasteiger partial charge in [-0.15, -0.1) is 0 Å². The van der Waals surface area contributed by atoms with Crippen LogP contribution in [-0.4, -0.2) is 34.3 Å². The van der Waals surface area contributed by atoms with E-state index in [1.165, 1.54) is 4.90 Å². The van der Waals surface area contributed by atoms with Crippen molar-refractivity contribution in [2.45, 2.75) is 31.7 Å². The number of carbonyl (C=O) groups excluding carboxylic acids is 2. The Morgan fingerprint density at radius 1 is 1.44 bits per heavy atom. The highest BCUT2D eigenvalue weighted by atomic mass is 16.2. The zero-order valence-electron chi connectivity index (χ0n) is 10.2. The Hall–Kier alpha value is -1.75. The summed E-state index contributed by atoms with van der Waals surface area (Å²) in [5.41, 5.74) is 6.74. The number of pyridine rings is 1. The van der Waals surface area contributed by atoms with Crippen molar-refractivity contribution in [2.75, 3.05) is 6.54 Å². The lowest BCUT2D eigenvalue weighted by atomic mass is 10.0. The first kappa shape index (κ1) is 12.7. The second kappa shape index (κ2) is 5.73. The molecule has 1 atom stereocenters. The molecule has 18 heavy (non-hydrogen) atoms. The van der Waals surface area contributed by atoms with Gasteiger partial charge in [0.05, 0.1) is 0 Å². The average Bonchev–Trinajstić information content (AvgIpc) is 2.37. The number of imide groups is 1. The molecular weight excluding hydrogens is 230 g/mol. The molecule has 2 heterocycles. The molecule has 0 aliphatic carbocycles. The van der Waals surface area contributed by atoms with E-state index in [4.69, 9.17) is 5.73 Å². The molecule has 5 heteroatoms.